The maximum absolute atomic E-state index is 11.8. The summed E-state index contributed by atoms with van der Waals surface area (Å²) in [4.78, 5) is 14.2. The van der Waals surface area contributed by atoms with Gasteiger partial charge in [0, 0.05) is 25.6 Å². The van der Waals surface area contributed by atoms with Gasteiger partial charge >= 0.3 is 5.97 Å². The number of methoxy groups -OCH3 is 1. The van der Waals surface area contributed by atoms with Crippen LogP contribution in [0.25, 0.3) is 0 Å². The van der Waals surface area contributed by atoms with Crippen LogP contribution in [-0.4, -0.2) is 44.2 Å². The minimum atomic E-state index is -0.0719. The van der Waals surface area contributed by atoms with E-state index in [9.17, 15) is 4.79 Å². The Bertz CT molecular complexity index is 517. The van der Waals surface area contributed by atoms with Gasteiger partial charge in [0.05, 0.1) is 19.6 Å². The van der Waals surface area contributed by atoms with Crippen LogP contribution in [0.3, 0.4) is 0 Å². The van der Waals surface area contributed by atoms with Crippen LogP contribution < -0.4 is 4.74 Å². The standard InChI is InChI=1S/C17H23NO3/c1-12-9-18(11-15(12)17(19)20-2)10-13-7-8-21-16-6-4-3-5-14(13)16/h3-6,12-13,15H,7-11H2,1-2H3. The molecule has 114 valence electrons. The molecule has 0 saturated carbocycles. The molecule has 0 N–H and O–H groups in total. The van der Waals surface area contributed by atoms with Crippen LogP contribution in [0.1, 0.15) is 24.8 Å². The molecule has 4 nitrogen and oxygen atoms in total. The fourth-order valence-electron chi connectivity index (χ4n) is 3.59. The molecule has 0 aromatic heterocycles. The number of hydrogen-bond donors (Lipinski definition) is 0. The number of rotatable bonds is 3. The fourth-order valence-corrected chi connectivity index (χ4v) is 3.59. The molecule has 0 bridgehead atoms. The van der Waals surface area contributed by atoms with Crippen molar-refractivity contribution in [3.8, 4) is 5.75 Å². The average Bonchev–Trinajstić information content (AvgIpc) is 2.87. The molecule has 0 radical (unpaired) electrons. The molecule has 0 amide bonds. The van der Waals surface area contributed by atoms with Crippen molar-refractivity contribution in [3.05, 3.63) is 29.8 Å². The molecule has 1 saturated heterocycles. The summed E-state index contributed by atoms with van der Waals surface area (Å²) in [6.45, 7) is 5.70. The van der Waals surface area contributed by atoms with Crippen molar-refractivity contribution in [2.24, 2.45) is 11.8 Å². The van der Waals surface area contributed by atoms with E-state index in [1.165, 1.54) is 12.7 Å². The lowest BCUT2D eigenvalue weighted by Crippen LogP contribution is -2.30. The second kappa shape index (κ2) is 6.06. The quantitative estimate of drug-likeness (QED) is 0.800. The highest BCUT2D eigenvalue weighted by atomic mass is 16.5. The number of fused-ring (bicyclic) bond motifs is 1. The molecule has 1 fully saturated rings. The van der Waals surface area contributed by atoms with Gasteiger partial charge in [0.25, 0.3) is 0 Å². The van der Waals surface area contributed by atoms with Crippen molar-refractivity contribution in [3.63, 3.8) is 0 Å². The Kier molecular flexibility index (Phi) is 4.15. The number of carbonyl (C=O) groups excluding carboxylic acids is 1. The number of nitrogens with zero attached hydrogens (tertiary/aromatic N) is 1. The Labute approximate surface area is 126 Å². The molecule has 3 rings (SSSR count). The SMILES string of the molecule is COC(=O)C1CN(CC2CCOc3ccccc32)CC1C. The van der Waals surface area contributed by atoms with Crippen LogP contribution in [0, 0.1) is 11.8 Å². The third kappa shape index (κ3) is 2.91. The predicted octanol–water partition coefficient (Wildman–Crippen LogP) is 2.29. The Hall–Kier alpha value is -1.55. The lowest BCUT2D eigenvalue weighted by molar-refractivity contribution is -0.146. The van der Waals surface area contributed by atoms with Crippen LogP contribution in [0.4, 0.5) is 0 Å². The van der Waals surface area contributed by atoms with Gasteiger partial charge in [-0.25, -0.2) is 0 Å². The lowest BCUT2D eigenvalue weighted by Gasteiger charge is -2.29. The maximum Gasteiger partial charge on any atom is 0.310 e. The summed E-state index contributed by atoms with van der Waals surface area (Å²) < 4.78 is 10.6. The molecule has 1 aromatic rings. The molecule has 0 aliphatic carbocycles. The highest BCUT2D eigenvalue weighted by Crippen LogP contribution is 2.35. The van der Waals surface area contributed by atoms with E-state index >= 15 is 0 Å². The summed E-state index contributed by atoms with van der Waals surface area (Å²) in [6, 6.07) is 8.30. The van der Waals surface area contributed by atoms with Gasteiger partial charge in [-0.05, 0) is 24.0 Å². The van der Waals surface area contributed by atoms with E-state index < -0.39 is 0 Å². The molecule has 3 atom stereocenters. The molecular formula is C17H23NO3. The van der Waals surface area contributed by atoms with Crippen LogP contribution in [-0.2, 0) is 9.53 Å². The van der Waals surface area contributed by atoms with Gasteiger partial charge in [0.1, 0.15) is 5.75 Å². The van der Waals surface area contributed by atoms with Gasteiger partial charge in [0.2, 0.25) is 0 Å². The molecule has 2 aliphatic heterocycles. The summed E-state index contributed by atoms with van der Waals surface area (Å²) >= 11 is 0. The molecule has 2 aliphatic rings. The molecule has 1 aromatic carbocycles. The summed E-state index contributed by atoms with van der Waals surface area (Å²) in [5.41, 5.74) is 1.30. The van der Waals surface area contributed by atoms with Crippen LogP contribution in [0.15, 0.2) is 24.3 Å². The van der Waals surface area contributed by atoms with Crippen LogP contribution >= 0.6 is 0 Å². The number of benzene rings is 1. The van der Waals surface area contributed by atoms with Crippen molar-refractivity contribution < 1.29 is 14.3 Å². The molecular weight excluding hydrogens is 266 g/mol. The van der Waals surface area contributed by atoms with Crippen LogP contribution in [0.5, 0.6) is 5.75 Å². The van der Waals surface area contributed by atoms with Crippen molar-refractivity contribution in [2.75, 3.05) is 33.4 Å². The van der Waals surface area contributed by atoms with Crippen molar-refractivity contribution in [1.29, 1.82) is 0 Å². The van der Waals surface area contributed by atoms with Crippen molar-refractivity contribution >= 4 is 5.97 Å². The number of ether oxygens (including phenoxy) is 2. The van der Waals surface area contributed by atoms with Gasteiger partial charge in [-0.2, -0.15) is 0 Å². The lowest BCUT2D eigenvalue weighted by atomic mass is 9.92. The first kappa shape index (κ1) is 14.4. The van der Waals surface area contributed by atoms with Crippen molar-refractivity contribution in [2.45, 2.75) is 19.3 Å². The van der Waals surface area contributed by atoms with Crippen molar-refractivity contribution in [1.82, 2.24) is 4.90 Å². The van der Waals surface area contributed by atoms with E-state index in [0.29, 0.717) is 11.8 Å². The van der Waals surface area contributed by atoms with E-state index in [0.717, 1.165) is 38.4 Å². The van der Waals surface area contributed by atoms with E-state index in [4.69, 9.17) is 9.47 Å². The van der Waals surface area contributed by atoms with Gasteiger partial charge in [0.15, 0.2) is 0 Å². The minimum absolute atomic E-state index is 0.0186. The van der Waals surface area contributed by atoms with E-state index in [-0.39, 0.29) is 11.9 Å². The number of para-hydroxylation sites is 1. The highest BCUT2D eigenvalue weighted by Gasteiger charge is 2.36. The zero-order chi connectivity index (χ0) is 14.8. The Morgan fingerprint density at radius 1 is 1.38 bits per heavy atom. The zero-order valence-electron chi connectivity index (χ0n) is 12.7. The summed E-state index contributed by atoms with van der Waals surface area (Å²) in [5, 5.41) is 0. The highest BCUT2D eigenvalue weighted by molar-refractivity contribution is 5.73. The number of esters is 1. The summed E-state index contributed by atoms with van der Waals surface area (Å²) in [7, 11) is 1.48. The summed E-state index contributed by atoms with van der Waals surface area (Å²) in [5.74, 6) is 1.83. The molecule has 3 unspecified atom stereocenters. The van der Waals surface area contributed by atoms with E-state index in [1.54, 1.807) is 0 Å². The largest absolute Gasteiger partial charge is 0.493 e. The molecule has 2 heterocycles. The fraction of sp³-hybridized carbons (Fsp3) is 0.588. The monoisotopic (exact) mass is 289 g/mol. The van der Waals surface area contributed by atoms with Gasteiger partial charge in [-0.1, -0.05) is 25.1 Å². The second-order valence-corrected chi connectivity index (χ2v) is 6.20. The third-order valence-corrected chi connectivity index (χ3v) is 4.75. The first-order valence-electron chi connectivity index (χ1n) is 7.71. The van der Waals surface area contributed by atoms with Gasteiger partial charge < -0.3 is 14.4 Å². The topological polar surface area (TPSA) is 38.8 Å². The second-order valence-electron chi connectivity index (χ2n) is 6.20. The van der Waals surface area contributed by atoms with Crippen LogP contribution in [0.2, 0.25) is 0 Å². The third-order valence-electron chi connectivity index (χ3n) is 4.75. The first-order valence-corrected chi connectivity index (χ1v) is 7.71. The van der Waals surface area contributed by atoms with Gasteiger partial charge in [-0.3, -0.25) is 4.79 Å². The predicted molar refractivity (Wildman–Crippen MR) is 80.4 cm³/mol. The maximum atomic E-state index is 11.8. The first-order chi connectivity index (χ1) is 10.2. The number of carbonyl (C=O) groups is 1. The molecule has 0 spiro atoms. The Balaban J connectivity index is 1.67. The summed E-state index contributed by atoms with van der Waals surface area (Å²) in [6.07, 6.45) is 1.05. The average molecular weight is 289 g/mol. The smallest absolute Gasteiger partial charge is 0.310 e. The number of likely N-dealkylation sites (tertiary alicyclic amines) is 1. The zero-order valence-corrected chi connectivity index (χ0v) is 12.7. The van der Waals surface area contributed by atoms with Gasteiger partial charge in [-0.15, -0.1) is 0 Å². The molecule has 4 heteroatoms. The Morgan fingerprint density at radius 3 is 3.00 bits per heavy atom. The van der Waals surface area contributed by atoms with E-state index in [2.05, 4.69) is 24.0 Å². The minimum Gasteiger partial charge on any atom is -0.493 e. The molecule has 21 heavy (non-hydrogen) atoms. The number of hydrogen-bond acceptors (Lipinski definition) is 4. The van der Waals surface area contributed by atoms with E-state index in [1.807, 2.05) is 12.1 Å². The normalized spacial score (nSPS) is 28.8. The Morgan fingerprint density at radius 2 is 2.19 bits per heavy atom.